The Morgan fingerprint density at radius 1 is 1.41 bits per heavy atom. The van der Waals surface area contributed by atoms with Crippen molar-refractivity contribution in [2.75, 3.05) is 25.4 Å². The maximum atomic E-state index is 11.0. The van der Waals surface area contributed by atoms with Crippen LogP contribution in [0.2, 0.25) is 5.02 Å². The van der Waals surface area contributed by atoms with Crippen LogP contribution in [0.3, 0.4) is 0 Å². The average molecular weight is 274 g/mol. The molecule has 0 aliphatic carbocycles. The van der Waals surface area contributed by atoms with Gasteiger partial charge in [0.05, 0.1) is 13.2 Å². The Morgan fingerprint density at radius 3 is 2.76 bits per heavy atom. The van der Waals surface area contributed by atoms with E-state index in [-0.39, 0.29) is 12.5 Å². The lowest BCUT2D eigenvalue weighted by Crippen LogP contribution is -2.26. The first-order chi connectivity index (χ1) is 8.22. The van der Waals surface area contributed by atoms with Crippen LogP contribution in [0.15, 0.2) is 29.2 Å². The molecule has 0 amide bonds. The van der Waals surface area contributed by atoms with Crippen molar-refractivity contribution in [1.29, 1.82) is 0 Å². The van der Waals surface area contributed by atoms with Crippen LogP contribution in [-0.2, 0) is 9.53 Å². The van der Waals surface area contributed by atoms with Crippen molar-refractivity contribution in [3.05, 3.63) is 29.3 Å². The predicted molar refractivity (Wildman–Crippen MR) is 71.7 cm³/mol. The molecule has 0 unspecified atom stereocenters. The third-order valence-corrected chi connectivity index (χ3v) is 3.20. The Hall–Kier alpha value is -0.710. The number of carbonyl (C=O) groups is 1. The molecule has 1 aromatic rings. The zero-order chi connectivity index (χ0) is 12.5. The molecule has 0 aromatic heterocycles. The van der Waals surface area contributed by atoms with Crippen LogP contribution in [0.4, 0.5) is 0 Å². The molecule has 0 heterocycles. The average Bonchev–Trinajstić information content (AvgIpc) is 2.31. The largest absolute Gasteiger partial charge is 0.465 e. The number of hydrogen-bond acceptors (Lipinski definition) is 4. The summed E-state index contributed by atoms with van der Waals surface area (Å²) >= 11 is 7.51. The molecule has 0 radical (unpaired) electrons. The van der Waals surface area contributed by atoms with Gasteiger partial charge in [-0.3, -0.25) is 4.79 Å². The van der Waals surface area contributed by atoms with Gasteiger partial charge in [0, 0.05) is 22.2 Å². The van der Waals surface area contributed by atoms with Gasteiger partial charge in [-0.15, -0.1) is 11.8 Å². The summed E-state index contributed by atoms with van der Waals surface area (Å²) in [6.07, 6.45) is 0. The van der Waals surface area contributed by atoms with Crippen LogP contribution >= 0.6 is 23.4 Å². The van der Waals surface area contributed by atoms with Gasteiger partial charge in [0.1, 0.15) is 0 Å². The van der Waals surface area contributed by atoms with Gasteiger partial charge < -0.3 is 10.1 Å². The fraction of sp³-hybridized carbons (Fsp3) is 0.417. The van der Waals surface area contributed by atoms with Crippen LogP contribution in [0.5, 0.6) is 0 Å². The van der Waals surface area contributed by atoms with Gasteiger partial charge in [-0.25, -0.2) is 0 Å². The molecule has 17 heavy (non-hydrogen) atoms. The molecule has 1 rings (SSSR count). The standard InChI is InChI=1S/C12H16ClNO2S/c1-2-16-12(15)9-14-7-8-17-11-5-3-10(13)4-6-11/h3-6,14H,2,7-9H2,1H3. The van der Waals surface area contributed by atoms with E-state index in [1.807, 2.05) is 24.3 Å². The lowest BCUT2D eigenvalue weighted by molar-refractivity contribution is -0.141. The molecule has 0 aliphatic heterocycles. The molecule has 0 saturated heterocycles. The molecule has 0 saturated carbocycles. The van der Waals surface area contributed by atoms with E-state index in [4.69, 9.17) is 16.3 Å². The van der Waals surface area contributed by atoms with E-state index < -0.39 is 0 Å². The lowest BCUT2D eigenvalue weighted by Gasteiger charge is -2.04. The molecular weight excluding hydrogens is 258 g/mol. The summed E-state index contributed by atoms with van der Waals surface area (Å²) in [7, 11) is 0. The second-order valence-electron chi connectivity index (χ2n) is 3.28. The quantitative estimate of drug-likeness (QED) is 0.471. The highest BCUT2D eigenvalue weighted by Gasteiger charge is 1.99. The zero-order valence-corrected chi connectivity index (χ0v) is 11.3. The predicted octanol–water partition coefficient (Wildman–Crippen LogP) is 2.58. The lowest BCUT2D eigenvalue weighted by atomic mass is 10.4. The topological polar surface area (TPSA) is 38.3 Å². The van der Waals surface area contributed by atoms with Gasteiger partial charge in [-0.05, 0) is 31.2 Å². The molecule has 5 heteroatoms. The molecule has 94 valence electrons. The highest BCUT2D eigenvalue weighted by atomic mass is 35.5. The van der Waals surface area contributed by atoms with Crippen molar-refractivity contribution in [3.8, 4) is 0 Å². The minimum Gasteiger partial charge on any atom is -0.465 e. The Morgan fingerprint density at radius 2 is 2.12 bits per heavy atom. The van der Waals surface area contributed by atoms with Gasteiger partial charge in [-0.1, -0.05) is 11.6 Å². The normalized spacial score (nSPS) is 10.2. The Labute approximate surface area is 111 Å². The molecule has 0 aliphatic rings. The van der Waals surface area contributed by atoms with Gasteiger partial charge >= 0.3 is 5.97 Å². The molecule has 0 fully saturated rings. The zero-order valence-electron chi connectivity index (χ0n) is 9.74. The number of ether oxygens (including phenoxy) is 1. The maximum absolute atomic E-state index is 11.0. The fourth-order valence-corrected chi connectivity index (χ4v) is 2.11. The van der Waals surface area contributed by atoms with E-state index in [0.717, 1.165) is 17.3 Å². The molecule has 1 N–H and O–H groups in total. The van der Waals surface area contributed by atoms with Crippen LogP contribution in [0.25, 0.3) is 0 Å². The summed E-state index contributed by atoms with van der Waals surface area (Å²) in [5.41, 5.74) is 0. The third-order valence-electron chi connectivity index (χ3n) is 1.94. The van der Waals surface area contributed by atoms with Crippen LogP contribution in [-0.4, -0.2) is 31.4 Å². The van der Waals surface area contributed by atoms with Gasteiger partial charge in [0.25, 0.3) is 0 Å². The molecule has 3 nitrogen and oxygen atoms in total. The van der Waals surface area contributed by atoms with Crippen LogP contribution in [0, 0.1) is 0 Å². The second kappa shape index (κ2) is 8.39. The number of halogens is 1. The molecular formula is C12H16ClNO2S. The van der Waals surface area contributed by atoms with Crippen molar-refractivity contribution in [2.45, 2.75) is 11.8 Å². The minimum absolute atomic E-state index is 0.205. The summed E-state index contributed by atoms with van der Waals surface area (Å²) in [6.45, 7) is 3.27. The van der Waals surface area contributed by atoms with E-state index >= 15 is 0 Å². The number of hydrogen-bond donors (Lipinski definition) is 1. The Kier molecular flexibility index (Phi) is 7.08. The Bertz CT molecular complexity index is 343. The van der Waals surface area contributed by atoms with Crippen molar-refractivity contribution in [3.63, 3.8) is 0 Å². The summed E-state index contributed by atoms with van der Waals surface area (Å²) < 4.78 is 4.80. The number of thioether (sulfide) groups is 1. The summed E-state index contributed by atoms with van der Waals surface area (Å²) in [5, 5.41) is 3.78. The number of carbonyl (C=O) groups excluding carboxylic acids is 1. The van der Waals surface area contributed by atoms with Crippen molar-refractivity contribution >= 4 is 29.3 Å². The minimum atomic E-state index is -0.205. The number of esters is 1. The number of nitrogens with one attached hydrogen (secondary N) is 1. The smallest absolute Gasteiger partial charge is 0.319 e. The first-order valence-electron chi connectivity index (χ1n) is 5.47. The van der Waals surface area contributed by atoms with Crippen LogP contribution < -0.4 is 5.32 Å². The van der Waals surface area contributed by atoms with Crippen molar-refractivity contribution < 1.29 is 9.53 Å². The fourth-order valence-electron chi connectivity index (χ4n) is 1.17. The Balaban J connectivity index is 2.08. The number of benzene rings is 1. The van der Waals surface area contributed by atoms with Gasteiger partial charge in [0.2, 0.25) is 0 Å². The first kappa shape index (κ1) is 14.4. The SMILES string of the molecule is CCOC(=O)CNCCSc1ccc(Cl)cc1. The molecule has 0 atom stereocenters. The van der Waals surface area contributed by atoms with E-state index in [2.05, 4.69) is 5.32 Å². The highest BCUT2D eigenvalue weighted by Crippen LogP contribution is 2.19. The van der Waals surface area contributed by atoms with Crippen molar-refractivity contribution in [2.24, 2.45) is 0 Å². The molecule has 0 spiro atoms. The summed E-state index contributed by atoms with van der Waals surface area (Å²) in [5.74, 6) is 0.699. The van der Waals surface area contributed by atoms with E-state index in [1.165, 1.54) is 4.90 Å². The first-order valence-corrected chi connectivity index (χ1v) is 6.83. The summed E-state index contributed by atoms with van der Waals surface area (Å²) in [4.78, 5) is 12.2. The van der Waals surface area contributed by atoms with Gasteiger partial charge in [-0.2, -0.15) is 0 Å². The molecule has 0 bridgehead atoms. The van der Waals surface area contributed by atoms with E-state index in [9.17, 15) is 4.79 Å². The second-order valence-corrected chi connectivity index (χ2v) is 4.89. The number of rotatable bonds is 7. The highest BCUT2D eigenvalue weighted by molar-refractivity contribution is 7.99. The third kappa shape index (κ3) is 6.56. The van der Waals surface area contributed by atoms with E-state index in [0.29, 0.717) is 6.61 Å². The molecule has 1 aromatic carbocycles. The monoisotopic (exact) mass is 273 g/mol. The summed E-state index contributed by atoms with van der Waals surface area (Å²) in [6, 6.07) is 7.71. The van der Waals surface area contributed by atoms with Crippen molar-refractivity contribution in [1.82, 2.24) is 5.32 Å². The maximum Gasteiger partial charge on any atom is 0.319 e. The van der Waals surface area contributed by atoms with Crippen LogP contribution in [0.1, 0.15) is 6.92 Å². The van der Waals surface area contributed by atoms with E-state index in [1.54, 1.807) is 18.7 Å². The van der Waals surface area contributed by atoms with Gasteiger partial charge in [0.15, 0.2) is 0 Å².